The van der Waals surface area contributed by atoms with Gasteiger partial charge in [-0.1, -0.05) is 19.0 Å². The van der Waals surface area contributed by atoms with Gasteiger partial charge in [-0.3, -0.25) is 9.69 Å². The highest BCUT2D eigenvalue weighted by molar-refractivity contribution is 5.84. The first-order valence-corrected chi connectivity index (χ1v) is 7.91. The number of urea groups is 1. The van der Waals surface area contributed by atoms with E-state index in [0.717, 1.165) is 6.54 Å². The summed E-state index contributed by atoms with van der Waals surface area (Å²) < 4.78 is 5.10. The van der Waals surface area contributed by atoms with E-state index in [0.29, 0.717) is 37.9 Å². The van der Waals surface area contributed by atoms with Crippen molar-refractivity contribution in [2.75, 3.05) is 32.7 Å². The molecule has 1 aromatic heterocycles. The van der Waals surface area contributed by atoms with Crippen molar-refractivity contribution in [2.45, 2.75) is 32.4 Å². The predicted molar refractivity (Wildman–Crippen MR) is 80.6 cm³/mol. The van der Waals surface area contributed by atoms with Gasteiger partial charge >= 0.3 is 6.03 Å². The third kappa shape index (κ3) is 3.44. The first kappa shape index (κ1) is 15.7. The number of rotatable bonds is 3. The maximum absolute atomic E-state index is 12.3. The average molecular weight is 322 g/mol. The topological polar surface area (TPSA) is 104 Å². The lowest BCUT2D eigenvalue weighted by molar-refractivity contribution is -0.131. The van der Waals surface area contributed by atoms with E-state index in [1.165, 1.54) is 0 Å². The molecule has 2 aliphatic rings. The number of amides is 3. The van der Waals surface area contributed by atoms with E-state index in [1.54, 1.807) is 4.90 Å². The molecule has 0 aliphatic carbocycles. The highest BCUT2D eigenvalue weighted by Crippen LogP contribution is 2.13. The molecule has 0 bridgehead atoms. The van der Waals surface area contributed by atoms with E-state index in [9.17, 15) is 9.59 Å². The summed E-state index contributed by atoms with van der Waals surface area (Å²) in [6, 6.07) is -0.458. The number of aromatic nitrogens is 2. The van der Waals surface area contributed by atoms with E-state index in [-0.39, 0.29) is 30.4 Å². The van der Waals surface area contributed by atoms with Crippen molar-refractivity contribution in [3.8, 4) is 0 Å². The van der Waals surface area contributed by atoms with Crippen LogP contribution in [0.3, 0.4) is 0 Å². The summed E-state index contributed by atoms with van der Waals surface area (Å²) in [6.45, 7) is 7.39. The Hall–Kier alpha value is -2.16. The van der Waals surface area contributed by atoms with Gasteiger partial charge in [0.05, 0.1) is 6.54 Å². The monoisotopic (exact) mass is 322 g/mol. The number of fused-ring (bicyclic) bond motifs is 1. The summed E-state index contributed by atoms with van der Waals surface area (Å²) in [6.07, 6.45) is 0. The fraction of sp³-hybridized carbons (Fsp3) is 0.714. The normalized spacial score (nSPS) is 22.0. The van der Waals surface area contributed by atoms with Crippen molar-refractivity contribution >= 4 is 11.9 Å². The Morgan fingerprint density at radius 2 is 2.26 bits per heavy atom. The van der Waals surface area contributed by atoms with Crippen LogP contribution < -0.4 is 10.6 Å². The van der Waals surface area contributed by atoms with Gasteiger partial charge in [0.2, 0.25) is 11.8 Å². The number of hydrogen-bond donors (Lipinski definition) is 2. The first-order chi connectivity index (χ1) is 11.0. The van der Waals surface area contributed by atoms with Crippen LogP contribution in [-0.2, 0) is 11.3 Å². The van der Waals surface area contributed by atoms with Gasteiger partial charge < -0.3 is 20.1 Å². The van der Waals surface area contributed by atoms with Gasteiger partial charge in [-0.25, -0.2) is 4.79 Å². The Labute approximate surface area is 134 Å². The standard InChI is InChI=1S/C14H22N6O3/c1-9(2)13-17-11(18-23-13)7-16-14(22)20-6-5-19-4-3-15-12(21)10(19)8-20/h9-10H,3-8H2,1-2H3,(H,15,21)(H,16,22). The SMILES string of the molecule is CC(C)c1nc(CNC(=O)N2CCN3CCNC(=O)C3C2)no1. The summed E-state index contributed by atoms with van der Waals surface area (Å²) >= 11 is 0. The van der Waals surface area contributed by atoms with Crippen molar-refractivity contribution in [1.29, 1.82) is 0 Å². The molecule has 0 spiro atoms. The largest absolute Gasteiger partial charge is 0.353 e. The fourth-order valence-corrected chi connectivity index (χ4v) is 2.80. The third-order valence-electron chi connectivity index (χ3n) is 4.15. The number of hydrogen-bond acceptors (Lipinski definition) is 6. The van der Waals surface area contributed by atoms with Crippen LogP contribution in [0.5, 0.6) is 0 Å². The Balaban J connectivity index is 1.53. The van der Waals surface area contributed by atoms with Crippen LogP contribution in [0, 0.1) is 0 Å². The van der Waals surface area contributed by atoms with Crippen LogP contribution >= 0.6 is 0 Å². The summed E-state index contributed by atoms with van der Waals surface area (Å²) in [5, 5.41) is 9.46. The van der Waals surface area contributed by atoms with E-state index in [4.69, 9.17) is 4.52 Å². The highest BCUT2D eigenvalue weighted by Gasteiger charge is 2.36. The predicted octanol–water partition coefficient (Wildman–Crippen LogP) is -0.481. The molecule has 126 valence electrons. The molecule has 3 amide bonds. The molecular weight excluding hydrogens is 300 g/mol. The molecule has 2 saturated heterocycles. The van der Waals surface area contributed by atoms with Crippen LogP contribution in [0.4, 0.5) is 4.79 Å². The number of carbonyl (C=O) groups excluding carboxylic acids is 2. The van der Waals surface area contributed by atoms with Crippen molar-refractivity contribution in [3.63, 3.8) is 0 Å². The summed E-state index contributed by atoms with van der Waals surface area (Å²) in [7, 11) is 0. The molecule has 3 heterocycles. The Morgan fingerprint density at radius 1 is 1.43 bits per heavy atom. The van der Waals surface area contributed by atoms with Crippen LogP contribution in [-0.4, -0.2) is 70.6 Å². The molecule has 2 N–H and O–H groups in total. The van der Waals surface area contributed by atoms with Crippen LogP contribution in [0.25, 0.3) is 0 Å². The van der Waals surface area contributed by atoms with Crippen LogP contribution in [0.15, 0.2) is 4.52 Å². The van der Waals surface area contributed by atoms with Gasteiger partial charge in [-0.05, 0) is 0 Å². The Bertz CT molecular complexity index is 587. The molecule has 1 aromatic rings. The van der Waals surface area contributed by atoms with Crippen LogP contribution in [0.1, 0.15) is 31.5 Å². The second-order valence-electron chi connectivity index (χ2n) is 6.15. The lowest BCUT2D eigenvalue weighted by Crippen LogP contribution is -2.65. The lowest BCUT2D eigenvalue weighted by Gasteiger charge is -2.42. The van der Waals surface area contributed by atoms with Gasteiger partial charge in [0.15, 0.2) is 5.82 Å². The van der Waals surface area contributed by atoms with Crippen molar-refractivity contribution in [2.24, 2.45) is 0 Å². The maximum atomic E-state index is 12.3. The van der Waals surface area contributed by atoms with Crippen molar-refractivity contribution in [1.82, 2.24) is 30.6 Å². The zero-order chi connectivity index (χ0) is 16.4. The van der Waals surface area contributed by atoms with E-state index in [2.05, 4.69) is 25.7 Å². The van der Waals surface area contributed by atoms with Crippen molar-refractivity contribution < 1.29 is 14.1 Å². The molecule has 23 heavy (non-hydrogen) atoms. The molecule has 9 nitrogen and oxygen atoms in total. The first-order valence-electron chi connectivity index (χ1n) is 7.91. The molecule has 1 unspecified atom stereocenters. The molecular formula is C14H22N6O3. The number of nitrogens with one attached hydrogen (secondary N) is 2. The molecule has 2 fully saturated rings. The molecule has 0 saturated carbocycles. The van der Waals surface area contributed by atoms with Gasteiger partial charge in [0.1, 0.15) is 6.04 Å². The minimum absolute atomic E-state index is 0.00602. The molecule has 0 aromatic carbocycles. The Kier molecular flexibility index (Phi) is 4.46. The molecule has 2 aliphatic heterocycles. The minimum atomic E-state index is -0.249. The Morgan fingerprint density at radius 3 is 3.00 bits per heavy atom. The number of piperazine rings is 2. The average Bonchev–Trinajstić information content (AvgIpc) is 3.02. The minimum Gasteiger partial charge on any atom is -0.353 e. The molecule has 0 radical (unpaired) electrons. The molecule has 3 rings (SSSR count). The van der Waals surface area contributed by atoms with Gasteiger partial charge in [0, 0.05) is 38.6 Å². The van der Waals surface area contributed by atoms with Gasteiger partial charge in [0.25, 0.3) is 0 Å². The summed E-state index contributed by atoms with van der Waals surface area (Å²) in [4.78, 5) is 32.2. The molecule has 9 heteroatoms. The zero-order valence-electron chi connectivity index (χ0n) is 13.4. The summed E-state index contributed by atoms with van der Waals surface area (Å²) in [5.41, 5.74) is 0. The maximum Gasteiger partial charge on any atom is 0.317 e. The number of nitrogens with zero attached hydrogens (tertiary/aromatic N) is 4. The van der Waals surface area contributed by atoms with E-state index >= 15 is 0 Å². The number of carbonyl (C=O) groups is 2. The van der Waals surface area contributed by atoms with E-state index in [1.807, 2.05) is 13.8 Å². The third-order valence-corrected chi connectivity index (χ3v) is 4.15. The van der Waals surface area contributed by atoms with Crippen LogP contribution in [0.2, 0.25) is 0 Å². The highest BCUT2D eigenvalue weighted by atomic mass is 16.5. The fourth-order valence-electron chi connectivity index (χ4n) is 2.80. The lowest BCUT2D eigenvalue weighted by atomic mass is 10.1. The molecule has 1 atom stereocenters. The second-order valence-corrected chi connectivity index (χ2v) is 6.15. The summed E-state index contributed by atoms with van der Waals surface area (Å²) in [5.74, 6) is 1.16. The second kappa shape index (κ2) is 6.53. The smallest absolute Gasteiger partial charge is 0.317 e. The van der Waals surface area contributed by atoms with Gasteiger partial charge in [-0.2, -0.15) is 4.98 Å². The zero-order valence-corrected chi connectivity index (χ0v) is 13.4. The van der Waals surface area contributed by atoms with E-state index < -0.39 is 0 Å². The van der Waals surface area contributed by atoms with Crippen molar-refractivity contribution in [3.05, 3.63) is 11.7 Å². The quantitative estimate of drug-likeness (QED) is 0.779. The van der Waals surface area contributed by atoms with Gasteiger partial charge in [-0.15, -0.1) is 0 Å².